The van der Waals surface area contributed by atoms with Crippen molar-refractivity contribution in [3.8, 4) is 0 Å². The predicted molar refractivity (Wildman–Crippen MR) is 101 cm³/mol. The van der Waals surface area contributed by atoms with Crippen LogP contribution in [0.25, 0.3) is 0 Å². The molecule has 8 nitrogen and oxygen atoms in total. The molecule has 0 radical (unpaired) electrons. The fourth-order valence-electron chi connectivity index (χ4n) is 2.67. The van der Waals surface area contributed by atoms with Crippen molar-refractivity contribution in [3.05, 3.63) is 41.5 Å². The number of benzene rings is 1. The number of para-hydroxylation sites is 1. The van der Waals surface area contributed by atoms with Crippen molar-refractivity contribution in [2.45, 2.75) is 36.6 Å². The van der Waals surface area contributed by atoms with E-state index >= 15 is 0 Å². The zero-order valence-corrected chi connectivity index (χ0v) is 15.5. The standard InChI is InChI=1S/C17H20N8S/c1-10-5-3-4-6-12(10)19-16-21-13(20-15(18)22-16)9-26-17-24-23-14(25(17)2)11-7-8-11/h3-6,11H,7-9H2,1-2H3,(H3,18,19,20,21,22). The molecule has 0 aliphatic heterocycles. The van der Waals surface area contributed by atoms with E-state index in [4.69, 9.17) is 5.73 Å². The van der Waals surface area contributed by atoms with Crippen molar-refractivity contribution >= 4 is 29.3 Å². The molecule has 3 aromatic rings. The Morgan fingerprint density at radius 2 is 2.00 bits per heavy atom. The lowest BCUT2D eigenvalue weighted by atomic mass is 10.2. The average molecular weight is 368 g/mol. The highest BCUT2D eigenvalue weighted by atomic mass is 32.2. The molecule has 1 aliphatic carbocycles. The summed E-state index contributed by atoms with van der Waals surface area (Å²) in [6.45, 7) is 2.02. The maximum absolute atomic E-state index is 5.86. The number of nitrogen functional groups attached to an aromatic ring is 1. The van der Waals surface area contributed by atoms with Gasteiger partial charge in [-0.25, -0.2) is 0 Å². The number of hydrogen-bond acceptors (Lipinski definition) is 8. The van der Waals surface area contributed by atoms with Gasteiger partial charge in [0, 0.05) is 18.7 Å². The first-order valence-corrected chi connectivity index (χ1v) is 9.44. The highest BCUT2D eigenvalue weighted by Crippen LogP contribution is 2.39. The fraction of sp³-hybridized carbons (Fsp3) is 0.353. The zero-order chi connectivity index (χ0) is 18.1. The van der Waals surface area contributed by atoms with Crippen molar-refractivity contribution in [2.75, 3.05) is 11.1 Å². The summed E-state index contributed by atoms with van der Waals surface area (Å²) in [5.74, 6) is 3.42. The van der Waals surface area contributed by atoms with Crippen molar-refractivity contribution in [3.63, 3.8) is 0 Å². The SMILES string of the molecule is Cc1ccccc1Nc1nc(N)nc(CSc2nnc(C3CC3)n2C)n1. The monoisotopic (exact) mass is 368 g/mol. The second kappa shape index (κ2) is 6.91. The molecule has 1 aliphatic rings. The largest absolute Gasteiger partial charge is 0.368 e. The molecular weight excluding hydrogens is 348 g/mol. The summed E-state index contributed by atoms with van der Waals surface area (Å²) in [5, 5.41) is 12.6. The first kappa shape index (κ1) is 16.8. The Bertz CT molecular complexity index is 934. The Kier molecular flexibility index (Phi) is 4.46. The molecule has 134 valence electrons. The minimum Gasteiger partial charge on any atom is -0.368 e. The van der Waals surface area contributed by atoms with E-state index in [1.54, 1.807) is 11.8 Å². The Balaban J connectivity index is 1.48. The first-order chi connectivity index (χ1) is 12.6. The third-order valence-electron chi connectivity index (χ3n) is 4.23. The van der Waals surface area contributed by atoms with Crippen LogP contribution in [0, 0.1) is 6.92 Å². The highest BCUT2D eigenvalue weighted by Gasteiger charge is 2.29. The van der Waals surface area contributed by atoms with Gasteiger partial charge in [-0.05, 0) is 31.4 Å². The van der Waals surface area contributed by atoms with E-state index in [1.165, 1.54) is 12.8 Å². The third-order valence-corrected chi connectivity index (χ3v) is 5.25. The van der Waals surface area contributed by atoms with Gasteiger partial charge in [0.2, 0.25) is 11.9 Å². The number of rotatable bonds is 6. The molecule has 2 aromatic heterocycles. The summed E-state index contributed by atoms with van der Waals surface area (Å²) in [6, 6.07) is 7.95. The molecule has 1 saturated carbocycles. The first-order valence-electron chi connectivity index (χ1n) is 8.45. The number of thioether (sulfide) groups is 1. The molecular formula is C17H20N8S. The van der Waals surface area contributed by atoms with Crippen LogP contribution >= 0.6 is 11.8 Å². The van der Waals surface area contributed by atoms with E-state index < -0.39 is 0 Å². The second-order valence-electron chi connectivity index (χ2n) is 6.34. The van der Waals surface area contributed by atoms with E-state index in [9.17, 15) is 0 Å². The summed E-state index contributed by atoms with van der Waals surface area (Å²) in [7, 11) is 2.00. The van der Waals surface area contributed by atoms with Gasteiger partial charge in [-0.1, -0.05) is 30.0 Å². The summed E-state index contributed by atoms with van der Waals surface area (Å²) < 4.78 is 2.05. The molecule has 0 saturated heterocycles. The van der Waals surface area contributed by atoms with E-state index in [0.29, 0.717) is 23.4 Å². The molecule has 2 heterocycles. The minimum atomic E-state index is 0.198. The highest BCUT2D eigenvalue weighted by molar-refractivity contribution is 7.98. The average Bonchev–Trinajstić information content (AvgIpc) is 3.38. The van der Waals surface area contributed by atoms with Crippen LogP contribution in [0.4, 0.5) is 17.6 Å². The van der Waals surface area contributed by atoms with Crippen LogP contribution in [-0.4, -0.2) is 29.7 Å². The number of nitrogens with two attached hydrogens (primary N) is 1. The van der Waals surface area contributed by atoms with Crippen LogP contribution in [0.15, 0.2) is 29.4 Å². The van der Waals surface area contributed by atoms with E-state index in [2.05, 4.69) is 35.0 Å². The Morgan fingerprint density at radius 1 is 1.19 bits per heavy atom. The number of anilines is 3. The molecule has 0 atom stereocenters. The van der Waals surface area contributed by atoms with Crippen molar-refractivity contribution < 1.29 is 0 Å². The van der Waals surface area contributed by atoms with Crippen LogP contribution in [0.5, 0.6) is 0 Å². The molecule has 9 heteroatoms. The van der Waals surface area contributed by atoms with Crippen molar-refractivity contribution in [1.82, 2.24) is 29.7 Å². The van der Waals surface area contributed by atoms with Gasteiger partial charge in [-0.3, -0.25) is 0 Å². The Hall–Kier alpha value is -2.68. The molecule has 0 unspecified atom stereocenters. The van der Waals surface area contributed by atoms with E-state index in [0.717, 1.165) is 22.2 Å². The lowest BCUT2D eigenvalue weighted by Crippen LogP contribution is -2.07. The zero-order valence-electron chi connectivity index (χ0n) is 14.7. The molecule has 0 amide bonds. The molecule has 0 spiro atoms. The van der Waals surface area contributed by atoms with Crippen molar-refractivity contribution in [1.29, 1.82) is 0 Å². The number of aromatic nitrogens is 6. The molecule has 26 heavy (non-hydrogen) atoms. The maximum Gasteiger partial charge on any atom is 0.232 e. The second-order valence-corrected chi connectivity index (χ2v) is 7.28. The normalized spacial score (nSPS) is 13.8. The Labute approximate surface area is 155 Å². The quantitative estimate of drug-likeness (QED) is 0.640. The Morgan fingerprint density at radius 3 is 2.77 bits per heavy atom. The van der Waals surface area contributed by atoms with Gasteiger partial charge >= 0.3 is 0 Å². The smallest absolute Gasteiger partial charge is 0.232 e. The van der Waals surface area contributed by atoms with Gasteiger partial charge in [0.05, 0.1) is 5.75 Å². The van der Waals surface area contributed by atoms with Gasteiger partial charge in [-0.2, -0.15) is 15.0 Å². The van der Waals surface area contributed by atoms with Crippen LogP contribution in [0.3, 0.4) is 0 Å². The molecule has 4 rings (SSSR count). The van der Waals surface area contributed by atoms with Crippen molar-refractivity contribution in [2.24, 2.45) is 7.05 Å². The topological polar surface area (TPSA) is 107 Å². The van der Waals surface area contributed by atoms with Gasteiger partial charge < -0.3 is 15.6 Å². The molecule has 3 N–H and O–H groups in total. The minimum absolute atomic E-state index is 0.198. The van der Waals surface area contributed by atoms with Gasteiger partial charge in [0.1, 0.15) is 11.6 Å². The van der Waals surface area contributed by atoms with E-state index in [1.807, 2.05) is 38.2 Å². The van der Waals surface area contributed by atoms with Crippen LogP contribution in [0.1, 0.15) is 36.0 Å². The number of aryl methyl sites for hydroxylation is 1. The predicted octanol–water partition coefficient (Wildman–Crippen LogP) is 2.80. The summed E-state index contributed by atoms with van der Waals surface area (Å²) in [6.07, 6.45) is 2.41. The number of nitrogens with zero attached hydrogens (tertiary/aromatic N) is 6. The fourth-order valence-corrected chi connectivity index (χ4v) is 3.44. The van der Waals surface area contributed by atoms with Crippen LogP contribution in [0.2, 0.25) is 0 Å². The number of nitrogens with one attached hydrogen (secondary N) is 1. The molecule has 1 aromatic carbocycles. The van der Waals surface area contributed by atoms with Gasteiger partial charge in [0.15, 0.2) is 5.16 Å². The summed E-state index contributed by atoms with van der Waals surface area (Å²) in [4.78, 5) is 12.9. The molecule has 0 bridgehead atoms. The van der Waals surface area contributed by atoms with E-state index in [-0.39, 0.29) is 5.95 Å². The molecule has 1 fully saturated rings. The van der Waals surface area contributed by atoms with Crippen LogP contribution in [-0.2, 0) is 12.8 Å². The third kappa shape index (κ3) is 3.62. The lowest BCUT2D eigenvalue weighted by molar-refractivity contribution is 0.736. The summed E-state index contributed by atoms with van der Waals surface area (Å²) >= 11 is 1.55. The van der Waals surface area contributed by atoms with Crippen LogP contribution < -0.4 is 11.1 Å². The maximum atomic E-state index is 5.86. The van der Waals surface area contributed by atoms with Gasteiger partial charge in [0.25, 0.3) is 0 Å². The number of hydrogen-bond donors (Lipinski definition) is 2. The van der Waals surface area contributed by atoms with Gasteiger partial charge in [-0.15, -0.1) is 10.2 Å². The summed E-state index contributed by atoms with van der Waals surface area (Å²) in [5.41, 5.74) is 7.91. The lowest BCUT2D eigenvalue weighted by Gasteiger charge is -2.09.